The van der Waals surface area contributed by atoms with Gasteiger partial charge in [-0.25, -0.2) is 9.59 Å². The van der Waals surface area contributed by atoms with Gasteiger partial charge in [-0.2, -0.15) is 0 Å². The standard InChI is InChI=1S/C12H21N3O5/c1-2-3-7-13-10(16)9(15-12(19)20)6-4-5-8-14-11(17)18/h2,9,14-15H,1,3-8H2,(H,13,16)(H,17,18)(H,19,20)/t9-/m0/s1. The second kappa shape index (κ2) is 10.7. The largest absolute Gasteiger partial charge is 0.465 e. The Bertz CT molecular complexity index is 346. The van der Waals surface area contributed by atoms with E-state index in [0.717, 1.165) is 0 Å². The number of amides is 3. The van der Waals surface area contributed by atoms with E-state index in [1.54, 1.807) is 6.08 Å². The predicted octanol–water partition coefficient (Wildman–Crippen LogP) is 0.753. The van der Waals surface area contributed by atoms with Crippen molar-refractivity contribution in [2.75, 3.05) is 13.1 Å². The maximum Gasteiger partial charge on any atom is 0.405 e. The van der Waals surface area contributed by atoms with Gasteiger partial charge in [-0.15, -0.1) is 6.58 Å². The predicted molar refractivity (Wildman–Crippen MR) is 72.7 cm³/mol. The van der Waals surface area contributed by atoms with Crippen LogP contribution in [0.15, 0.2) is 12.7 Å². The van der Waals surface area contributed by atoms with Crippen LogP contribution < -0.4 is 16.0 Å². The summed E-state index contributed by atoms with van der Waals surface area (Å²) in [6.07, 6.45) is 1.26. The third-order valence-corrected chi connectivity index (χ3v) is 2.46. The smallest absolute Gasteiger partial charge is 0.405 e. The lowest BCUT2D eigenvalue weighted by Crippen LogP contribution is -2.46. The van der Waals surface area contributed by atoms with Crippen molar-refractivity contribution >= 4 is 18.1 Å². The van der Waals surface area contributed by atoms with E-state index in [2.05, 4.69) is 22.5 Å². The lowest BCUT2D eigenvalue weighted by molar-refractivity contribution is -0.123. The van der Waals surface area contributed by atoms with Gasteiger partial charge in [0, 0.05) is 13.1 Å². The molecule has 20 heavy (non-hydrogen) atoms. The molecule has 0 spiro atoms. The molecule has 0 heterocycles. The molecular formula is C12H21N3O5. The summed E-state index contributed by atoms with van der Waals surface area (Å²) >= 11 is 0. The zero-order valence-electron chi connectivity index (χ0n) is 11.2. The second-order valence-electron chi connectivity index (χ2n) is 4.10. The molecule has 0 bridgehead atoms. The van der Waals surface area contributed by atoms with Gasteiger partial charge in [-0.3, -0.25) is 4.79 Å². The highest BCUT2D eigenvalue weighted by atomic mass is 16.4. The fraction of sp³-hybridized carbons (Fsp3) is 0.583. The Morgan fingerprint density at radius 3 is 2.30 bits per heavy atom. The molecular weight excluding hydrogens is 266 g/mol. The highest BCUT2D eigenvalue weighted by Crippen LogP contribution is 2.01. The molecule has 0 aromatic heterocycles. The van der Waals surface area contributed by atoms with Crippen molar-refractivity contribution < 1.29 is 24.6 Å². The maximum absolute atomic E-state index is 11.7. The van der Waals surface area contributed by atoms with Gasteiger partial charge < -0.3 is 26.2 Å². The number of hydrogen-bond donors (Lipinski definition) is 5. The van der Waals surface area contributed by atoms with Crippen LogP contribution in [0.1, 0.15) is 25.7 Å². The van der Waals surface area contributed by atoms with Crippen molar-refractivity contribution in [1.82, 2.24) is 16.0 Å². The van der Waals surface area contributed by atoms with Crippen LogP contribution >= 0.6 is 0 Å². The summed E-state index contributed by atoms with van der Waals surface area (Å²) in [7, 11) is 0. The zero-order chi connectivity index (χ0) is 15.4. The van der Waals surface area contributed by atoms with Gasteiger partial charge in [0.05, 0.1) is 0 Å². The number of hydrogen-bond acceptors (Lipinski definition) is 3. The van der Waals surface area contributed by atoms with Crippen LogP contribution in [-0.4, -0.2) is 47.4 Å². The van der Waals surface area contributed by atoms with Gasteiger partial charge in [0.15, 0.2) is 0 Å². The molecule has 0 unspecified atom stereocenters. The van der Waals surface area contributed by atoms with Crippen LogP contribution in [0, 0.1) is 0 Å². The molecule has 5 N–H and O–H groups in total. The number of unbranched alkanes of at least 4 members (excludes halogenated alkanes) is 1. The second-order valence-corrected chi connectivity index (χ2v) is 4.10. The first-order valence-corrected chi connectivity index (χ1v) is 6.32. The van der Waals surface area contributed by atoms with Crippen molar-refractivity contribution in [2.45, 2.75) is 31.7 Å². The van der Waals surface area contributed by atoms with E-state index in [1.807, 2.05) is 0 Å². The van der Waals surface area contributed by atoms with E-state index in [0.29, 0.717) is 32.2 Å². The Morgan fingerprint density at radius 1 is 1.05 bits per heavy atom. The molecule has 114 valence electrons. The number of carboxylic acid groups (broad SMARTS) is 2. The van der Waals surface area contributed by atoms with Crippen molar-refractivity contribution in [1.29, 1.82) is 0 Å². The number of carbonyl (C=O) groups is 3. The van der Waals surface area contributed by atoms with Crippen molar-refractivity contribution in [3.8, 4) is 0 Å². The lowest BCUT2D eigenvalue weighted by Gasteiger charge is -2.16. The van der Waals surface area contributed by atoms with E-state index in [4.69, 9.17) is 10.2 Å². The maximum atomic E-state index is 11.7. The van der Waals surface area contributed by atoms with E-state index >= 15 is 0 Å². The fourth-order valence-corrected chi connectivity index (χ4v) is 1.51. The van der Waals surface area contributed by atoms with Gasteiger partial charge in [0.2, 0.25) is 5.91 Å². The molecule has 1 atom stereocenters. The number of nitrogens with one attached hydrogen (secondary N) is 3. The third-order valence-electron chi connectivity index (χ3n) is 2.46. The molecule has 8 nitrogen and oxygen atoms in total. The Labute approximate surface area is 117 Å². The van der Waals surface area contributed by atoms with Gasteiger partial charge in [0.1, 0.15) is 6.04 Å². The van der Waals surface area contributed by atoms with E-state index in [-0.39, 0.29) is 12.5 Å². The van der Waals surface area contributed by atoms with Gasteiger partial charge in [-0.1, -0.05) is 6.08 Å². The Balaban J connectivity index is 4.06. The van der Waals surface area contributed by atoms with Crippen LogP contribution in [-0.2, 0) is 4.79 Å². The highest BCUT2D eigenvalue weighted by molar-refractivity contribution is 5.85. The Morgan fingerprint density at radius 2 is 1.75 bits per heavy atom. The molecule has 0 saturated heterocycles. The van der Waals surface area contributed by atoms with Crippen LogP contribution in [0.5, 0.6) is 0 Å². The van der Waals surface area contributed by atoms with Crippen LogP contribution in [0.25, 0.3) is 0 Å². The first kappa shape index (κ1) is 17.8. The molecule has 0 aliphatic carbocycles. The quantitative estimate of drug-likeness (QED) is 0.299. The van der Waals surface area contributed by atoms with E-state index in [9.17, 15) is 14.4 Å². The summed E-state index contributed by atoms with van der Waals surface area (Å²) in [5.41, 5.74) is 0. The minimum absolute atomic E-state index is 0.271. The average molecular weight is 287 g/mol. The van der Waals surface area contributed by atoms with Gasteiger partial charge >= 0.3 is 12.2 Å². The SMILES string of the molecule is C=CCCNC(=O)[C@H](CCCCNC(=O)O)NC(=O)O. The Hall–Kier alpha value is -2.25. The number of carbonyl (C=O) groups excluding carboxylic acids is 1. The first-order chi connectivity index (χ1) is 9.47. The lowest BCUT2D eigenvalue weighted by atomic mass is 10.1. The molecule has 0 saturated carbocycles. The normalized spacial score (nSPS) is 11.2. The topological polar surface area (TPSA) is 128 Å². The summed E-state index contributed by atoms with van der Waals surface area (Å²) in [5.74, 6) is -0.388. The summed E-state index contributed by atoms with van der Waals surface area (Å²) in [6.45, 7) is 4.19. The molecule has 0 aliphatic rings. The van der Waals surface area contributed by atoms with E-state index in [1.165, 1.54) is 0 Å². The van der Waals surface area contributed by atoms with Crippen LogP contribution in [0.2, 0.25) is 0 Å². The van der Waals surface area contributed by atoms with Crippen molar-refractivity contribution in [3.05, 3.63) is 12.7 Å². The van der Waals surface area contributed by atoms with Gasteiger partial charge in [0.25, 0.3) is 0 Å². The van der Waals surface area contributed by atoms with Crippen molar-refractivity contribution in [3.63, 3.8) is 0 Å². The summed E-state index contributed by atoms with van der Waals surface area (Å²) in [5, 5.41) is 24.0. The highest BCUT2D eigenvalue weighted by Gasteiger charge is 2.19. The van der Waals surface area contributed by atoms with Crippen molar-refractivity contribution in [2.24, 2.45) is 0 Å². The Kier molecular flexibility index (Phi) is 9.45. The first-order valence-electron chi connectivity index (χ1n) is 6.32. The molecule has 0 fully saturated rings. The minimum atomic E-state index is -1.27. The summed E-state index contributed by atoms with van der Waals surface area (Å²) in [6, 6.07) is -0.831. The molecule has 0 aromatic carbocycles. The summed E-state index contributed by atoms with van der Waals surface area (Å²) in [4.78, 5) is 32.6. The summed E-state index contributed by atoms with van der Waals surface area (Å²) < 4.78 is 0. The number of rotatable bonds is 10. The molecule has 0 aliphatic heterocycles. The average Bonchev–Trinajstić information content (AvgIpc) is 2.36. The molecule has 8 heteroatoms. The molecule has 0 rings (SSSR count). The van der Waals surface area contributed by atoms with Gasteiger partial charge in [-0.05, 0) is 25.7 Å². The molecule has 0 radical (unpaired) electrons. The molecule has 0 aromatic rings. The fourth-order valence-electron chi connectivity index (χ4n) is 1.51. The van der Waals surface area contributed by atoms with Crippen LogP contribution in [0.4, 0.5) is 9.59 Å². The zero-order valence-corrected chi connectivity index (χ0v) is 11.2. The molecule has 3 amide bonds. The minimum Gasteiger partial charge on any atom is -0.465 e. The van der Waals surface area contributed by atoms with Crippen LogP contribution in [0.3, 0.4) is 0 Å². The van der Waals surface area contributed by atoms with E-state index < -0.39 is 18.2 Å². The monoisotopic (exact) mass is 287 g/mol. The third kappa shape index (κ3) is 9.75.